The molecular weight excluding hydrogens is 560 g/mol. The Hall–Kier alpha value is -4.21. The molecule has 1 aliphatic heterocycles. The molecule has 3 aromatic carbocycles. The Morgan fingerprint density at radius 1 is 0.930 bits per heavy atom. The van der Waals surface area contributed by atoms with E-state index in [0.717, 1.165) is 68.4 Å². The number of sulfonamides is 1. The molecule has 2 heterocycles. The summed E-state index contributed by atoms with van der Waals surface area (Å²) < 4.78 is 31.1. The number of pyridine rings is 1. The van der Waals surface area contributed by atoms with E-state index in [1.807, 2.05) is 54.7 Å². The molecule has 1 saturated carbocycles. The molecule has 1 aliphatic carbocycles. The lowest BCUT2D eigenvalue weighted by Gasteiger charge is -2.40. The minimum absolute atomic E-state index is 0.153. The molecule has 6 rings (SSSR count). The van der Waals surface area contributed by atoms with Crippen LogP contribution in [0.2, 0.25) is 0 Å². The third-order valence-corrected chi connectivity index (χ3v) is 8.85. The summed E-state index contributed by atoms with van der Waals surface area (Å²) in [5.74, 6) is 1.26. The Bertz CT molecular complexity index is 1630. The van der Waals surface area contributed by atoms with E-state index in [1.165, 1.54) is 0 Å². The van der Waals surface area contributed by atoms with Crippen molar-refractivity contribution in [1.29, 1.82) is 0 Å². The van der Waals surface area contributed by atoms with E-state index in [1.54, 1.807) is 24.3 Å². The van der Waals surface area contributed by atoms with Crippen molar-refractivity contribution < 1.29 is 17.9 Å². The quantitative estimate of drug-likeness (QED) is 0.242. The first-order chi connectivity index (χ1) is 20.8. The van der Waals surface area contributed by atoms with Gasteiger partial charge < -0.3 is 9.64 Å². The van der Waals surface area contributed by atoms with Gasteiger partial charge in [0.05, 0.1) is 11.7 Å². The van der Waals surface area contributed by atoms with Crippen LogP contribution in [-0.2, 0) is 26.8 Å². The third-order valence-electron chi connectivity index (χ3n) is 8.24. The fourth-order valence-electron chi connectivity index (χ4n) is 5.91. The van der Waals surface area contributed by atoms with Gasteiger partial charge in [0.2, 0.25) is 21.8 Å². The minimum Gasteiger partial charge on any atom is -0.439 e. The topological polar surface area (TPSA) is 91.8 Å². The second-order valence-electron chi connectivity index (χ2n) is 11.5. The van der Waals surface area contributed by atoms with Crippen LogP contribution in [0.4, 0.5) is 11.4 Å². The standard InChI is InChI=1S/C34H36N4O4S/c1-43(40,41)36-28-13-15-31(16-14-28)42-32-17-12-26(24-35-32)25-37-22-18-30(19-23-37)38(29-10-6-3-7-11-29)33(39)34(20-21-34)27-8-4-2-5-9-27/h2-17,24,30,36H,18-23,25H2,1H3. The Balaban J connectivity index is 1.07. The highest BCUT2D eigenvalue weighted by Crippen LogP contribution is 2.50. The maximum Gasteiger partial charge on any atom is 0.237 e. The second-order valence-corrected chi connectivity index (χ2v) is 13.2. The van der Waals surface area contributed by atoms with Crippen molar-refractivity contribution in [1.82, 2.24) is 9.88 Å². The summed E-state index contributed by atoms with van der Waals surface area (Å²) in [6.07, 6.45) is 6.56. The molecule has 0 atom stereocenters. The number of rotatable bonds is 10. The van der Waals surface area contributed by atoms with Crippen LogP contribution in [0, 0.1) is 0 Å². The van der Waals surface area contributed by atoms with E-state index >= 15 is 0 Å². The van der Waals surface area contributed by atoms with E-state index in [0.29, 0.717) is 17.3 Å². The Kier molecular flexibility index (Phi) is 8.19. The van der Waals surface area contributed by atoms with Gasteiger partial charge in [0, 0.05) is 49.3 Å². The molecule has 43 heavy (non-hydrogen) atoms. The highest BCUT2D eigenvalue weighted by atomic mass is 32.2. The van der Waals surface area contributed by atoms with Crippen LogP contribution < -0.4 is 14.4 Å². The monoisotopic (exact) mass is 596 g/mol. The minimum atomic E-state index is -3.33. The van der Waals surface area contributed by atoms with Crippen molar-refractivity contribution >= 4 is 27.3 Å². The highest BCUT2D eigenvalue weighted by molar-refractivity contribution is 7.92. The lowest BCUT2D eigenvalue weighted by molar-refractivity contribution is -0.121. The predicted molar refractivity (Wildman–Crippen MR) is 169 cm³/mol. The normalized spacial score (nSPS) is 16.8. The van der Waals surface area contributed by atoms with Gasteiger partial charge in [0.15, 0.2) is 0 Å². The number of carbonyl (C=O) groups excluding carboxylic acids is 1. The number of likely N-dealkylation sites (tertiary alicyclic amines) is 1. The zero-order chi connectivity index (χ0) is 29.9. The van der Waals surface area contributed by atoms with Crippen LogP contribution >= 0.6 is 0 Å². The smallest absolute Gasteiger partial charge is 0.237 e. The Morgan fingerprint density at radius 2 is 1.58 bits per heavy atom. The number of piperidine rings is 1. The molecule has 1 amide bonds. The lowest BCUT2D eigenvalue weighted by atomic mass is 9.92. The number of hydrogen-bond donors (Lipinski definition) is 1. The average Bonchev–Trinajstić information content (AvgIpc) is 3.83. The molecule has 222 valence electrons. The highest BCUT2D eigenvalue weighted by Gasteiger charge is 2.54. The number of benzene rings is 3. The summed E-state index contributed by atoms with van der Waals surface area (Å²) in [7, 11) is -3.33. The van der Waals surface area contributed by atoms with Crippen molar-refractivity contribution in [3.8, 4) is 11.6 Å². The average molecular weight is 597 g/mol. The van der Waals surface area contributed by atoms with Crippen LogP contribution in [0.15, 0.2) is 103 Å². The molecular formula is C34H36N4O4S. The molecule has 4 aromatic rings. The van der Waals surface area contributed by atoms with Gasteiger partial charge in [-0.25, -0.2) is 13.4 Å². The number of hydrogen-bond acceptors (Lipinski definition) is 6. The van der Waals surface area contributed by atoms with Gasteiger partial charge in [-0.05, 0) is 73.2 Å². The van der Waals surface area contributed by atoms with Crippen LogP contribution in [0.1, 0.15) is 36.8 Å². The van der Waals surface area contributed by atoms with E-state index in [2.05, 4.69) is 43.8 Å². The molecule has 2 fully saturated rings. The van der Waals surface area contributed by atoms with E-state index in [9.17, 15) is 13.2 Å². The summed E-state index contributed by atoms with van der Waals surface area (Å²) in [6.45, 7) is 2.57. The summed E-state index contributed by atoms with van der Waals surface area (Å²) in [5.41, 5.74) is 3.27. The number of nitrogens with one attached hydrogen (secondary N) is 1. The van der Waals surface area contributed by atoms with Crippen molar-refractivity contribution in [2.24, 2.45) is 0 Å². The number of para-hydroxylation sites is 1. The van der Waals surface area contributed by atoms with Crippen LogP contribution in [0.25, 0.3) is 0 Å². The molecule has 1 N–H and O–H groups in total. The van der Waals surface area contributed by atoms with Gasteiger partial charge in [-0.1, -0.05) is 54.6 Å². The van der Waals surface area contributed by atoms with Crippen LogP contribution in [-0.4, -0.2) is 49.6 Å². The second kappa shape index (κ2) is 12.2. The van der Waals surface area contributed by atoms with Gasteiger partial charge in [-0.3, -0.25) is 14.4 Å². The predicted octanol–water partition coefficient (Wildman–Crippen LogP) is 5.97. The van der Waals surface area contributed by atoms with E-state index < -0.39 is 15.4 Å². The molecule has 2 aliphatic rings. The van der Waals surface area contributed by atoms with Gasteiger partial charge >= 0.3 is 0 Å². The molecule has 9 heteroatoms. The van der Waals surface area contributed by atoms with Crippen LogP contribution in [0.5, 0.6) is 11.6 Å². The van der Waals surface area contributed by atoms with Crippen molar-refractivity contribution in [2.45, 2.75) is 43.7 Å². The van der Waals surface area contributed by atoms with Gasteiger partial charge in [0.25, 0.3) is 0 Å². The first-order valence-corrected chi connectivity index (χ1v) is 16.6. The Labute approximate surface area is 253 Å². The largest absolute Gasteiger partial charge is 0.439 e. The fourth-order valence-corrected chi connectivity index (χ4v) is 6.47. The number of nitrogens with zero attached hydrogens (tertiary/aromatic N) is 3. The van der Waals surface area contributed by atoms with E-state index in [-0.39, 0.29) is 11.9 Å². The number of amides is 1. The third kappa shape index (κ3) is 6.89. The van der Waals surface area contributed by atoms with Crippen molar-refractivity contribution in [2.75, 3.05) is 29.0 Å². The fraction of sp³-hybridized carbons (Fsp3) is 0.294. The number of anilines is 2. The molecule has 1 saturated heterocycles. The number of aromatic nitrogens is 1. The maximum atomic E-state index is 14.2. The van der Waals surface area contributed by atoms with Gasteiger partial charge in [0.1, 0.15) is 5.75 Å². The van der Waals surface area contributed by atoms with Crippen molar-refractivity contribution in [3.05, 3.63) is 114 Å². The zero-order valence-corrected chi connectivity index (χ0v) is 25.0. The molecule has 0 unspecified atom stereocenters. The first-order valence-electron chi connectivity index (χ1n) is 14.7. The van der Waals surface area contributed by atoms with Gasteiger partial charge in [-0.2, -0.15) is 0 Å². The molecule has 1 aromatic heterocycles. The van der Waals surface area contributed by atoms with Crippen LogP contribution in [0.3, 0.4) is 0 Å². The summed E-state index contributed by atoms with van der Waals surface area (Å²) >= 11 is 0. The Morgan fingerprint density at radius 3 is 2.16 bits per heavy atom. The summed E-state index contributed by atoms with van der Waals surface area (Å²) in [4.78, 5) is 23.2. The zero-order valence-electron chi connectivity index (χ0n) is 24.2. The van der Waals surface area contributed by atoms with Gasteiger partial charge in [-0.15, -0.1) is 0 Å². The molecule has 0 radical (unpaired) electrons. The molecule has 0 bridgehead atoms. The molecule has 8 nitrogen and oxygen atoms in total. The van der Waals surface area contributed by atoms with Crippen molar-refractivity contribution in [3.63, 3.8) is 0 Å². The summed E-state index contributed by atoms with van der Waals surface area (Å²) in [5, 5.41) is 0. The summed E-state index contributed by atoms with van der Waals surface area (Å²) in [6, 6.07) is 31.1. The number of carbonyl (C=O) groups is 1. The molecule has 0 spiro atoms. The number of ether oxygens (including phenoxy) is 1. The SMILES string of the molecule is CS(=O)(=O)Nc1ccc(Oc2ccc(CN3CCC(N(C(=O)C4(c5ccccc5)CC4)c4ccccc4)CC3)cn2)cc1. The first kappa shape index (κ1) is 28.9. The lowest BCUT2D eigenvalue weighted by Crippen LogP contribution is -2.50. The van der Waals surface area contributed by atoms with E-state index in [4.69, 9.17) is 4.74 Å². The maximum absolute atomic E-state index is 14.2.